The van der Waals surface area contributed by atoms with E-state index in [4.69, 9.17) is 10.5 Å². The number of carbonyl (C=O) groups excluding carboxylic acids is 1. The number of piperidine rings is 1. The Balaban J connectivity index is 2.47. The highest BCUT2D eigenvalue weighted by molar-refractivity contribution is 7.89. The van der Waals surface area contributed by atoms with Gasteiger partial charge in [0.25, 0.3) is 0 Å². The number of nitrogens with zero attached hydrogens (tertiary/aromatic N) is 1. The van der Waals surface area contributed by atoms with Gasteiger partial charge in [-0.15, -0.1) is 0 Å². The fraction of sp³-hybridized carbons (Fsp3) is 0.562. The zero-order chi connectivity index (χ0) is 17.2. The van der Waals surface area contributed by atoms with Gasteiger partial charge >= 0.3 is 0 Å². The number of aryl methyl sites for hydroxylation is 2. The van der Waals surface area contributed by atoms with Gasteiger partial charge < -0.3 is 10.5 Å². The van der Waals surface area contributed by atoms with E-state index in [2.05, 4.69) is 0 Å². The van der Waals surface area contributed by atoms with Crippen LogP contribution < -0.4 is 10.5 Å². The number of benzene rings is 1. The van der Waals surface area contributed by atoms with Gasteiger partial charge in [0.2, 0.25) is 15.9 Å². The summed E-state index contributed by atoms with van der Waals surface area (Å²) in [7, 11) is -2.28. The van der Waals surface area contributed by atoms with E-state index in [1.54, 1.807) is 12.1 Å². The van der Waals surface area contributed by atoms with Crippen LogP contribution in [0.4, 0.5) is 0 Å². The lowest BCUT2D eigenvalue weighted by molar-refractivity contribution is -0.119. The monoisotopic (exact) mass is 340 g/mol. The van der Waals surface area contributed by atoms with E-state index in [0.717, 1.165) is 24.0 Å². The Hall–Kier alpha value is -1.60. The predicted octanol–water partition coefficient (Wildman–Crippen LogP) is 1.73. The van der Waals surface area contributed by atoms with Gasteiger partial charge in [-0.05, 0) is 49.9 Å². The summed E-state index contributed by atoms with van der Waals surface area (Å²) in [5, 5.41) is 0. The lowest BCUT2D eigenvalue weighted by Gasteiger charge is -2.34. The molecule has 128 valence electrons. The van der Waals surface area contributed by atoms with E-state index in [9.17, 15) is 13.2 Å². The van der Waals surface area contributed by atoms with Crippen molar-refractivity contribution < 1.29 is 17.9 Å². The van der Waals surface area contributed by atoms with Crippen LogP contribution in [0.3, 0.4) is 0 Å². The lowest BCUT2D eigenvalue weighted by atomic mass is 10.0. The number of carbonyl (C=O) groups is 1. The Morgan fingerprint density at radius 1 is 1.30 bits per heavy atom. The first-order valence-electron chi connectivity index (χ1n) is 7.72. The van der Waals surface area contributed by atoms with Crippen molar-refractivity contribution >= 4 is 15.9 Å². The van der Waals surface area contributed by atoms with Crippen LogP contribution in [-0.4, -0.2) is 38.3 Å². The molecule has 2 N–H and O–H groups in total. The van der Waals surface area contributed by atoms with Crippen molar-refractivity contribution in [2.24, 2.45) is 5.73 Å². The molecule has 23 heavy (non-hydrogen) atoms. The van der Waals surface area contributed by atoms with E-state index in [0.29, 0.717) is 18.7 Å². The summed E-state index contributed by atoms with van der Waals surface area (Å²) in [6.07, 6.45) is 2.37. The van der Waals surface area contributed by atoms with Crippen LogP contribution in [-0.2, 0) is 14.8 Å². The predicted molar refractivity (Wildman–Crippen MR) is 87.8 cm³/mol. The molecule has 0 aliphatic carbocycles. The van der Waals surface area contributed by atoms with Crippen molar-refractivity contribution in [3.8, 4) is 5.75 Å². The van der Waals surface area contributed by atoms with Gasteiger partial charge in [0.1, 0.15) is 10.6 Å². The second-order valence-corrected chi connectivity index (χ2v) is 7.88. The molecule has 2 rings (SSSR count). The van der Waals surface area contributed by atoms with Crippen molar-refractivity contribution in [3.63, 3.8) is 0 Å². The number of ether oxygens (including phenoxy) is 1. The van der Waals surface area contributed by atoms with E-state index in [1.165, 1.54) is 11.4 Å². The van der Waals surface area contributed by atoms with Crippen molar-refractivity contribution in [1.29, 1.82) is 0 Å². The number of primary amides is 1. The van der Waals surface area contributed by atoms with Gasteiger partial charge in [0.05, 0.1) is 7.11 Å². The molecule has 1 unspecified atom stereocenters. The highest BCUT2D eigenvalue weighted by Crippen LogP contribution is 2.33. The highest BCUT2D eigenvalue weighted by atomic mass is 32.2. The summed E-state index contributed by atoms with van der Waals surface area (Å²) >= 11 is 0. The summed E-state index contributed by atoms with van der Waals surface area (Å²) in [5.41, 5.74) is 7.13. The van der Waals surface area contributed by atoms with Crippen LogP contribution in [0, 0.1) is 13.8 Å². The first kappa shape index (κ1) is 17.7. The van der Waals surface area contributed by atoms with Gasteiger partial charge in [-0.2, -0.15) is 4.31 Å². The molecular formula is C16H24N2O4S. The molecule has 0 saturated carbocycles. The average Bonchev–Trinajstić information content (AvgIpc) is 2.49. The molecule has 1 amide bonds. The first-order valence-corrected chi connectivity index (χ1v) is 9.16. The Kier molecular flexibility index (Phi) is 5.31. The summed E-state index contributed by atoms with van der Waals surface area (Å²) in [5.74, 6) is -0.152. The van der Waals surface area contributed by atoms with E-state index < -0.39 is 15.9 Å². The second kappa shape index (κ2) is 6.88. The molecular weight excluding hydrogens is 316 g/mol. The molecule has 0 bridgehead atoms. The Morgan fingerprint density at radius 2 is 1.96 bits per heavy atom. The van der Waals surface area contributed by atoms with E-state index in [-0.39, 0.29) is 17.4 Å². The molecule has 1 fully saturated rings. The number of hydrogen-bond donors (Lipinski definition) is 1. The zero-order valence-electron chi connectivity index (χ0n) is 13.8. The van der Waals surface area contributed by atoms with Crippen LogP contribution in [0.1, 0.15) is 36.8 Å². The molecule has 6 nitrogen and oxygen atoms in total. The van der Waals surface area contributed by atoms with Crippen molar-refractivity contribution in [2.75, 3.05) is 13.7 Å². The van der Waals surface area contributed by atoms with Crippen molar-refractivity contribution in [2.45, 2.75) is 50.5 Å². The fourth-order valence-corrected chi connectivity index (χ4v) is 4.89. The molecule has 0 aromatic heterocycles. The standard InChI is InChI=1S/C16H24N2O4S/c1-11-8-14(22-3)15(9-12(11)2)23(20,21)18-7-5-4-6-13(18)10-16(17)19/h8-9,13H,4-7,10H2,1-3H3,(H2,17,19). The maximum atomic E-state index is 13.1. The van der Waals surface area contributed by atoms with E-state index >= 15 is 0 Å². The minimum atomic E-state index is -3.74. The molecule has 7 heteroatoms. The SMILES string of the molecule is COc1cc(C)c(C)cc1S(=O)(=O)N1CCCCC1CC(N)=O. The van der Waals surface area contributed by atoms with Gasteiger partial charge in [-0.25, -0.2) is 8.42 Å². The molecule has 0 spiro atoms. The van der Waals surface area contributed by atoms with Gasteiger partial charge in [-0.3, -0.25) is 4.79 Å². The smallest absolute Gasteiger partial charge is 0.247 e. The molecule has 1 aliphatic heterocycles. The van der Waals surface area contributed by atoms with Crippen LogP contribution >= 0.6 is 0 Å². The zero-order valence-corrected chi connectivity index (χ0v) is 14.6. The third kappa shape index (κ3) is 3.67. The Morgan fingerprint density at radius 3 is 2.57 bits per heavy atom. The Bertz CT molecular complexity index is 700. The summed E-state index contributed by atoms with van der Waals surface area (Å²) < 4.78 is 32.9. The topological polar surface area (TPSA) is 89.7 Å². The van der Waals surface area contributed by atoms with Gasteiger partial charge in [0, 0.05) is 19.0 Å². The molecule has 1 aliphatic rings. The fourth-order valence-electron chi connectivity index (χ4n) is 2.98. The number of methoxy groups -OCH3 is 1. The number of sulfonamides is 1. The van der Waals surface area contributed by atoms with Crippen LogP contribution in [0.15, 0.2) is 17.0 Å². The number of hydrogen-bond acceptors (Lipinski definition) is 4. The maximum absolute atomic E-state index is 13.1. The molecule has 1 aromatic carbocycles. The van der Waals surface area contributed by atoms with Gasteiger partial charge in [-0.1, -0.05) is 6.42 Å². The second-order valence-electron chi connectivity index (χ2n) is 6.02. The molecule has 0 radical (unpaired) electrons. The summed E-state index contributed by atoms with van der Waals surface area (Å²) in [4.78, 5) is 11.4. The van der Waals surface area contributed by atoms with Crippen LogP contribution in [0.2, 0.25) is 0 Å². The largest absolute Gasteiger partial charge is 0.495 e. The third-order valence-corrected chi connectivity index (χ3v) is 6.35. The number of rotatable bonds is 5. The normalized spacial score (nSPS) is 19.5. The average molecular weight is 340 g/mol. The quantitative estimate of drug-likeness (QED) is 0.884. The summed E-state index contributed by atoms with van der Waals surface area (Å²) in [6, 6.07) is 2.99. The van der Waals surface area contributed by atoms with Crippen LogP contribution in [0.25, 0.3) is 0 Å². The third-order valence-electron chi connectivity index (χ3n) is 4.38. The van der Waals surface area contributed by atoms with Crippen LogP contribution in [0.5, 0.6) is 5.75 Å². The molecule has 1 atom stereocenters. The summed E-state index contributed by atoms with van der Waals surface area (Å²) in [6.45, 7) is 4.17. The Labute approximate surface area is 137 Å². The lowest BCUT2D eigenvalue weighted by Crippen LogP contribution is -2.45. The minimum Gasteiger partial charge on any atom is -0.495 e. The molecule has 1 heterocycles. The minimum absolute atomic E-state index is 0.0480. The molecule has 1 saturated heterocycles. The highest BCUT2D eigenvalue weighted by Gasteiger charge is 2.36. The number of amides is 1. The van der Waals surface area contributed by atoms with Crippen molar-refractivity contribution in [1.82, 2.24) is 4.31 Å². The van der Waals surface area contributed by atoms with Crippen molar-refractivity contribution in [3.05, 3.63) is 23.3 Å². The maximum Gasteiger partial charge on any atom is 0.247 e. The molecule has 1 aromatic rings. The van der Waals surface area contributed by atoms with E-state index in [1.807, 2.05) is 13.8 Å². The first-order chi connectivity index (χ1) is 10.8. The van der Waals surface area contributed by atoms with Gasteiger partial charge in [0.15, 0.2) is 0 Å². The number of nitrogens with two attached hydrogens (primary N) is 1.